The van der Waals surface area contributed by atoms with Gasteiger partial charge in [-0.2, -0.15) is 8.78 Å². The summed E-state index contributed by atoms with van der Waals surface area (Å²) in [5.74, 6) is 0.924. The van der Waals surface area contributed by atoms with Gasteiger partial charge in [-0.05, 0) is 36.4 Å². The molecule has 170 valence electrons. The molecular weight excluding hydrogens is 456 g/mol. The van der Waals surface area contributed by atoms with Crippen molar-refractivity contribution in [2.45, 2.75) is 6.61 Å². The van der Waals surface area contributed by atoms with Crippen LogP contribution in [0.15, 0.2) is 54.7 Å². The monoisotopic (exact) mass is 473 g/mol. The zero-order valence-corrected chi connectivity index (χ0v) is 18.2. The van der Waals surface area contributed by atoms with Crippen LogP contribution in [0.3, 0.4) is 0 Å². The number of carbonyl (C=O) groups is 1. The molecule has 0 spiro atoms. The van der Waals surface area contributed by atoms with E-state index >= 15 is 0 Å². The second-order valence-corrected chi connectivity index (χ2v) is 7.28. The van der Waals surface area contributed by atoms with E-state index in [0.29, 0.717) is 28.0 Å². The largest absolute Gasteiger partial charge is 0.457 e. The molecule has 4 rings (SSSR count). The number of ether oxygens (including phenoxy) is 2. The van der Waals surface area contributed by atoms with Gasteiger partial charge in [-0.3, -0.25) is 9.78 Å². The summed E-state index contributed by atoms with van der Waals surface area (Å²) in [6.45, 7) is -2.98. The van der Waals surface area contributed by atoms with Gasteiger partial charge in [-0.15, -0.1) is 0 Å². The van der Waals surface area contributed by atoms with Gasteiger partial charge in [0.1, 0.15) is 22.9 Å². The number of hydrogen-bond donors (Lipinski definition) is 2. The van der Waals surface area contributed by atoms with Crippen molar-refractivity contribution in [2.75, 3.05) is 12.4 Å². The second kappa shape index (κ2) is 9.29. The summed E-state index contributed by atoms with van der Waals surface area (Å²) >= 11 is 6.02. The van der Waals surface area contributed by atoms with E-state index < -0.39 is 6.61 Å². The molecule has 2 N–H and O–H groups in total. The lowest BCUT2D eigenvalue weighted by Crippen LogP contribution is -2.18. The lowest BCUT2D eigenvalue weighted by Gasteiger charge is -2.12. The van der Waals surface area contributed by atoms with Gasteiger partial charge in [0.15, 0.2) is 0 Å². The second-order valence-electron chi connectivity index (χ2n) is 6.85. The van der Waals surface area contributed by atoms with Gasteiger partial charge in [0.05, 0.1) is 16.7 Å². The summed E-state index contributed by atoms with van der Waals surface area (Å²) in [4.78, 5) is 20.3. The number of hydrogen-bond acceptors (Lipinski definition) is 6. The molecule has 1 amide bonds. The fourth-order valence-electron chi connectivity index (χ4n) is 3.14. The average molecular weight is 474 g/mol. The molecule has 0 aliphatic carbocycles. The van der Waals surface area contributed by atoms with Gasteiger partial charge in [0, 0.05) is 37.4 Å². The van der Waals surface area contributed by atoms with Gasteiger partial charge < -0.3 is 24.7 Å². The third-order valence-corrected chi connectivity index (χ3v) is 4.92. The van der Waals surface area contributed by atoms with Crippen molar-refractivity contribution in [3.05, 3.63) is 65.4 Å². The van der Waals surface area contributed by atoms with Crippen LogP contribution in [-0.4, -0.2) is 34.1 Å². The maximum atomic E-state index is 12.8. The molecule has 2 heterocycles. The van der Waals surface area contributed by atoms with E-state index in [4.69, 9.17) is 16.3 Å². The molecule has 0 aliphatic heterocycles. The standard InChI is InChI=1S/C22H18ClF2N5O3/c1-26-20(31)17-11-14(7-8-27-17)32-13-4-5-18-15(10-13)28-22(30(18)2)29-16-9-12(23)3-6-19(16)33-21(24)25/h3-11,21H,1-2H3,(H,26,31)(H,28,29). The Kier molecular flexibility index (Phi) is 6.27. The summed E-state index contributed by atoms with van der Waals surface area (Å²) in [7, 11) is 3.29. The lowest BCUT2D eigenvalue weighted by molar-refractivity contribution is -0.0493. The normalized spacial score (nSPS) is 11.0. The van der Waals surface area contributed by atoms with Crippen molar-refractivity contribution in [2.24, 2.45) is 7.05 Å². The highest BCUT2D eigenvalue weighted by molar-refractivity contribution is 6.31. The summed E-state index contributed by atoms with van der Waals surface area (Å²) in [6, 6.07) is 12.7. The maximum Gasteiger partial charge on any atom is 0.387 e. The Morgan fingerprint density at radius 2 is 1.91 bits per heavy atom. The number of imidazole rings is 1. The number of nitrogens with zero attached hydrogens (tertiary/aromatic N) is 3. The Morgan fingerprint density at radius 3 is 2.67 bits per heavy atom. The first-order valence-electron chi connectivity index (χ1n) is 9.68. The highest BCUT2D eigenvalue weighted by Crippen LogP contribution is 2.33. The number of amides is 1. The van der Waals surface area contributed by atoms with E-state index in [0.717, 1.165) is 5.52 Å². The van der Waals surface area contributed by atoms with Gasteiger partial charge >= 0.3 is 6.61 Å². The Labute approximate surface area is 192 Å². The number of nitrogens with one attached hydrogen (secondary N) is 2. The predicted molar refractivity (Wildman–Crippen MR) is 120 cm³/mol. The molecule has 0 bridgehead atoms. The van der Waals surface area contributed by atoms with Crippen LogP contribution in [0.4, 0.5) is 20.4 Å². The van der Waals surface area contributed by atoms with Crippen molar-refractivity contribution >= 4 is 40.2 Å². The zero-order chi connectivity index (χ0) is 23.5. The molecule has 0 unspecified atom stereocenters. The molecule has 8 nitrogen and oxygen atoms in total. The minimum atomic E-state index is -2.98. The Morgan fingerprint density at radius 1 is 1.12 bits per heavy atom. The van der Waals surface area contributed by atoms with Crippen LogP contribution >= 0.6 is 11.6 Å². The number of rotatable bonds is 7. The maximum absolute atomic E-state index is 12.8. The number of aryl methyl sites for hydroxylation is 1. The van der Waals surface area contributed by atoms with Crippen LogP contribution in [0.5, 0.6) is 17.2 Å². The Hall–Kier alpha value is -3.92. The lowest BCUT2D eigenvalue weighted by atomic mass is 10.3. The number of alkyl halides is 2. The van der Waals surface area contributed by atoms with Gasteiger partial charge in [0.25, 0.3) is 5.91 Å². The first-order valence-corrected chi connectivity index (χ1v) is 10.1. The summed E-state index contributed by atoms with van der Waals surface area (Å²) in [5, 5.41) is 5.84. The fraction of sp³-hybridized carbons (Fsp3) is 0.136. The summed E-state index contributed by atoms with van der Waals surface area (Å²) in [6.07, 6.45) is 1.48. The Bertz CT molecular complexity index is 1330. The average Bonchev–Trinajstić information content (AvgIpc) is 3.09. The molecule has 0 radical (unpaired) electrons. The van der Waals surface area contributed by atoms with E-state index in [1.165, 1.54) is 37.5 Å². The molecule has 11 heteroatoms. The van der Waals surface area contributed by atoms with Crippen LogP contribution in [0, 0.1) is 0 Å². The first kappa shape index (κ1) is 22.3. The zero-order valence-electron chi connectivity index (χ0n) is 17.5. The van der Waals surface area contributed by atoms with Gasteiger partial charge in [-0.25, -0.2) is 4.98 Å². The highest BCUT2D eigenvalue weighted by atomic mass is 35.5. The molecule has 4 aromatic rings. The molecule has 0 fully saturated rings. The fourth-order valence-corrected chi connectivity index (χ4v) is 3.31. The number of anilines is 2. The quantitative estimate of drug-likeness (QED) is 0.387. The third kappa shape index (κ3) is 4.96. The van der Waals surface area contributed by atoms with Crippen LogP contribution in [0.1, 0.15) is 10.5 Å². The predicted octanol–water partition coefficient (Wildman–Crippen LogP) is 5.12. The molecule has 2 aromatic carbocycles. The van der Waals surface area contributed by atoms with Gasteiger partial charge in [-0.1, -0.05) is 11.6 Å². The smallest absolute Gasteiger partial charge is 0.387 e. The minimum absolute atomic E-state index is 0.0601. The van der Waals surface area contributed by atoms with Crippen molar-refractivity contribution in [3.8, 4) is 17.2 Å². The van der Waals surface area contributed by atoms with E-state index in [1.54, 1.807) is 35.9 Å². The summed E-state index contributed by atoms with van der Waals surface area (Å²) in [5.41, 5.74) is 1.83. The minimum Gasteiger partial charge on any atom is -0.457 e. The third-order valence-electron chi connectivity index (χ3n) is 4.68. The number of carbonyl (C=O) groups excluding carboxylic acids is 1. The molecule has 0 atom stereocenters. The Balaban J connectivity index is 1.62. The van der Waals surface area contributed by atoms with Crippen LogP contribution in [-0.2, 0) is 7.05 Å². The van der Waals surface area contributed by atoms with E-state index in [1.807, 2.05) is 0 Å². The first-order chi connectivity index (χ1) is 15.8. The van der Waals surface area contributed by atoms with E-state index in [2.05, 4.69) is 25.3 Å². The van der Waals surface area contributed by atoms with Crippen molar-refractivity contribution in [1.29, 1.82) is 0 Å². The highest BCUT2D eigenvalue weighted by Gasteiger charge is 2.15. The number of halogens is 3. The van der Waals surface area contributed by atoms with Crippen LogP contribution in [0.25, 0.3) is 11.0 Å². The van der Waals surface area contributed by atoms with Crippen LogP contribution in [0.2, 0.25) is 5.02 Å². The molecule has 2 aromatic heterocycles. The number of aromatic nitrogens is 3. The SMILES string of the molecule is CNC(=O)c1cc(Oc2ccc3c(c2)nc(Nc2cc(Cl)ccc2OC(F)F)n3C)ccn1. The number of fused-ring (bicyclic) bond motifs is 1. The number of benzene rings is 2. The number of pyridine rings is 1. The van der Waals surface area contributed by atoms with E-state index in [9.17, 15) is 13.6 Å². The van der Waals surface area contributed by atoms with Crippen molar-refractivity contribution in [3.63, 3.8) is 0 Å². The summed E-state index contributed by atoms with van der Waals surface area (Å²) < 4.78 is 37.7. The van der Waals surface area contributed by atoms with Crippen molar-refractivity contribution in [1.82, 2.24) is 19.9 Å². The molecular formula is C22H18ClF2N5O3. The molecule has 0 aliphatic rings. The molecule has 33 heavy (non-hydrogen) atoms. The molecule has 0 saturated carbocycles. The van der Waals surface area contributed by atoms with E-state index in [-0.39, 0.29) is 23.0 Å². The van der Waals surface area contributed by atoms with Gasteiger partial charge in [0.2, 0.25) is 5.95 Å². The van der Waals surface area contributed by atoms with Crippen molar-refractivity contribution < 1.29 is 23.0 Å². The topological polar surface area (TPSA) is 90.3 Å². The molecule has 0 saturated heterocycles. The van der Waals surface area contributed by atoms with Crippen LogP contribution < -0.4 is 20.1 Å².